The molecule has 0 heterocycles. The smallest absolute Gasteiger partial charge is 0.0499 e. The molecule has 0 bridgehead atoms. The minimum atomic E-state index is -0.0594. The maximum atomic E-state index is 2.51. The summed E-state index contributed by atoms with van der Waals surface area (Å²) in [7, 11) is 0. The van der Waals surface area contributed by atoms with Crippen LogP contribution < -0.4 is 9.80 Å². The Kier molecular flexibility index (Phi) is 9.05. The van der Waals surface area contributed by atoms with Gasteiger partial charge in [-0.3, -0.25) is 0 Å². The molecular weight excluding hydrogens is 569 g/mol. The first-order valence-electron chi connectivity index (χ1n) is 16.7. The van der Waals surface area contributed by atoms with Crippen LogP contribution in [0.4, 0.5) is 34.1 Å². The Labute approximate surface area is 282 Å². The van der Waals surface area contributed by atoms with Crippen LogP contribution >= 0.6 is 0 Å². The van der Waals surface area contributed by atoms with Gasteiger partial charge < -0.3 is 9.80 Å². The summed E-state index contributed by atoms with van der Waals surface area (Å²) < 4.78 is 0. The van der Waals surface area contributed by atoms with Gasteiger partial charge in [0.25, 0.3) is 0 Å². The van der Waals surface area contributed by atoms with Gasteiger partial charge in [0.1, 0.15) is 0 Å². The summed E-state index contributed by atoms with van der Waals surface area (Å²) in [6.45, 7) is 13.9. The second kappa shape index (κ2) is 13.3. The molecule has 0 fully saturated rings. The van der Waals surface area contributed by atoms with E-state index in [-0.39, 0.29) is 10.8 Å². The van der Waals surface area contributed by atoms with Gasteiger partial charge >= 0.3 is 0 Å². The highest BCUT2D eigenvalue weighted by Gasteiger charge is 2.28. The minimum Gasteiger partial charge on any atom is -0.310 e. The Balaban J connectivity index is 1.67. The van der Waals surface area contributed by atoms with Crippen LogP contribution in [-0.2, 0) is 17.3 Å². The van der Waals surface area contributed by atoms with Crippen molar-refractivity contribution in [2.24, 2.45) is 0 Å². The molecule has 2 nitrogen and oxygen atoms in total. The van der Waals surface area contributed by atoms with Gasteiger partial charge in [-0.2, -0.15) is 0 Å². The first kappa shape index (κ1) is 31.9. The molecule has 0 radical (unpaired) electrons. The molecule has 0 spiro atoms. The van der Waals surface area contributed by atoms with Crippen LogP contribution in [0, 0.1) is 0 Å². The zero-order valence-electron chi connectivity index (χ0n) is 28.6. The lowest BCUT2D eigenvalue weighted by molar-refractivity contribution is 0.587. The van der Waals surface area contributed by atoms with Gasteiger partial charge in [0.15, 0.2) is 0 Å². The molecule has 0 amide bonds. The molecule has 6 aromatic rings. The van der Waals surface area contributed by atoms with E-state index in [0.29, 0.717) is 0 Å². The number of nitrogens with zero attached hydrogens (tertiary/aromatic N) is 2. The molecule has 6 rings (SSSR count). The first-order valence-corrected chi connectivity index (χ1v) is 16.7. The highest BCUT2D eigenvalue weighted by Crippen LogP contribution is 2.46. The van der Waals surface area contributed by atoms with Crippen molar-refractivity contribution < 1.29 is 0 Å². The summed E-state index contributed by atoms with van der Waals surface area (Å²) in [4.78, 5) is 4.88. The molecule has 0 saturated carbocycles. The Morgan fingerprint density at radius 2 is 0.745 bits per heavy atom. The predicted molar refractivity (Wildman–Crippen MR) is 202 cm³/mol. The molecule has 0 aliphatic rings. The van der Waals surface area contributed by atoms with Gasteiger partial charge in [0, 0.05) is 34.1 Å². The molecule has 0 atom stereocenters. The van der Waals surface area contributed by atoms with Crippen LogP contribution in [0.1, 0.15) is 63.8 Å². The molecule has 0 aromatic heterocycles. The van der Waals surface area contributed by atoms with E-state index in [0.717, 1.165) is 29.2 Å². The number of para-hydroxylation sites is 4. The fraction of sp³-hybridized carbons (Fsp3) is 0.200. The predicted octanol–water partition coefficient (Wildman–Crippen LogP) is 12.8. The molecule has 0 saturated heterocycles. The summed E-state index contributed by atoms with van der Waals surface area (Å²) in [5, 5.41) is 0. The largest absolute Gasteiger partial charge is 0.310 e. The van der Waals surface area contributed by atoms with E-state index in [1.807, 2.05) is 0 Å². The molecule has 236 valence electrons. The van der Waals surface area contributed by atoms with Crippen molar-refractivity contribution in [1.29, 1.82) is 0 Å². The van der Waals surface area contributed by atoms with Crippen LogP contribution in [0.2, 0.25) is 0 Å². The third-order valence-corrected chi connectivity index (χ3v) is 8.66. The number of rotatable bonds is 8. The summed E-state index contributed by atoms with van der Waals surface area (Å²) in [6, 6.07) is 57.2. The second-order valence-electron chi connectivity index (χ2n) is 14.4. The normalized spacial score (nSPS) is 11.7. The highest BCUT2D eigenvalue weighted by atomic mass is 15.2. The molecule has 6 aromatic carbocycles. The third kappa shape index (κ3) is 7.18. The molecule has 0 aliphatic carbocycles. The van der Waals surface area contributed by atoms with Crippen LogP contribution in [0.3, 0.4) is 0 Å². The fourth-order valence-corrected chi connectivity index (χ4v) is 6.46. The molecule has 0 N–H and O–H groups in total. The molecule has 0 unspecified atom stereocenters. The van der Waals surface area contributed by atoms with Crippen molar-refractivity contribution in [3.63, 3.8) is 0 Å². The topological polar surface area (TPSA) is 6.48 Å². The Bertz CT molecular complexity index is 1820. The fourth-order valence-electron chi connectivity index (χ4n) is 6.46. The maximum absolute atomic E-state index is 2.51. The van der Waals surface area contributed by atoms with E-state index in [1.165, 1.54) is 33.6 Å². The van der Waals surface area contributed by atoms with E-state index in [1.54, 1.807) is 0 Å². The van der Waals surface area contributed by atoms with Crippen molar-refractivity contribution in [2.45, 2.75) is 58.8 Å². The zero-order chi connectivity index (χ0) is 33.0. The lowest BCUT2D eigenvalue weighted by Crippen LogP contribution is -2.23. The maximum Gasteiger partial charge on any atom is 0.0499 e. The van der Waals surface area contributed by atoms with Crippen molar-refractivity contribution in [3.05, 3.63) is 180 Å². The molecular formula is C45H46N2. The first-order chi connectivity index (χ1) is 22.6. The third-order valence-electron chi connectivity index (χ3n) is 8.66. The monoisotopic (exact) mass is 614 g/mol. The lowest BCUT2D eigenvalue weighted by atomic mass is 9.83. The van der Waals surface area contributed by atoms with Crippen molar-refractivity contribution >= 4 is 34.1 Å². The summed E-state index contributed by atoms with van der Waals surface area (Å²) in [5.41, 5.74) is 11.9. The second-order valence-corrected chi connectivity index (χ2v) is 14.4. The average molecular weight is 615 g/mol. The van der Waals surface area contributed by atoms with Gasteiger partial charge in [-0.15, -0.1) is 0 Å². The standard InChI is InChI=1S/C45H46N2/c1-44(2,3)40-26-16-18-28-42(40)47(43-29-19-17-27-41(43)45(4,5)6)39-32-35(30-34-20-10-7-11-21-34)31-38(33-39)46(36-22-12-8-13-23-36)37-24-14-9-15-25-37/h7-29,31-33H,30H2,1-6H3. The van der Waals surface area contributed by atoms with Crippen LogP contribution in [0.25, 0.3) is 0 Å². The van der Waals surface area contributed by atoms with Crippen LogP contribution in [0.5, 0.6) is 0 Å². The zero-order valence-corrected chi connectivity index (χ0v) is 28.6. The molecule has 0 aliphatic heterocycles. The lowest BCUT2D eigenvalue weighted by Gasteiger charge is -2.36. The Morgan fingerprint density at radius 3 is 1.19 bits per heavy atom. The Morgan fingerprint density at radius 1 is 0.362 bits per heavy atom. The molecule has 47 heavy (non-hydrogen) atoms. The summed E-state index contributed by atoms with van der Waals surface area (Å²) in [5.74, 6) is 0. The number of anilines is 6. The quantitative estimate of drug-likeness (QED) is 0.168. The highest BCUT2D eigenvalue weighted by molar-refractivity contribution is 5.86. The van der Waals surface area contributed by atoms with E-state index in [2.05, 4.69) is 209 Å². The van der Waals surface area contributed by atoms with E-state index >= 15 is 0 Å². The number of hydrogen-bond acceptors (Lipinski definition) is 2. The van der Waals surface area contributed by atoms with Crippen molar-refractivity contribution in [1.82, 2.24) is 0 Å². The van der Waals surface area contributed by atoms with Gasteiger partial charge in [0.05, 0.1) is 0 Å². The number of benzene rings is 6. The Hall–Kier alpha value is -5.08. The minimum absolute atomic E-state index is 0.0594. The van der Waals surface area contributed by atoms with Gasteiger partial charge in [-0.1, -0.05) is 145 Å². The average Bonchev–Trinajstić information content (AvgIpc) is 3.06. The van der Waals surface area contributed by atoms with Gasteiger partial charge in [0.2, 0.25) is 0 Å². The van der Waals surface area contributed by atoms with E-state index in [9.17, 15) is 0 Å². The van der Waals surface area contributed by atoms with Gasteiger partial charge in [-0.05, 0) is 94.1 Å². The van der Waals surface area contributed by atoms with E-state index < -0.39 is 0 Å². The number of hydrogen-bond donors (Lipinski definition) is 0. The van der Waals surface area contributed by atoms with Gasteiger partial charge in [-0.25, -0.2) is 0 Å². The van der Waals surface area contributed by atoms with Crippen LogP contribution in [0.15, 0.2) is 158 Å². The van der Waals surface area contributed by atoms with E-state index in [4.69, 9.17) is 0 Å². The van der Waals surface area contributed by atoms with Crippen molar-refractivity contribution in [3.8, 4) is 0 Å². The summed E-state index contributed by atoms with van der Waals surface area (Å²) >= 11 is 0. The summed E-state index contributed by atoms with van der Waals surface area (Å²) in [6.07, 6.45) is 0.828. The van der Waals surface area contributed by atoms with Crippen molar-refractivity contribution in [2.75, 3.05) is 9.80 Å². The van der Waals surface area contributed by atoms with Crippen LogP contribution in [-0.4, -0.2) is 0 Å². The SMILES string of the molecule is CC(C)(C)c1ccccc1N(c1cc(Cc2ccccc2)cc(N(c2ccccc2)c2ccccc2)c1)c1ccccc1C(C)(C)C. The molecule has 2 heteroatoms.